The number of nitrogens with zero attached hydrogens (tertiary/aromatic N) is 2. The fourth-order valence-corrected chi connectivity index (χ4v) is 3.17. The average Bonchev–Trinajstić information content (AvgIpc) is 2.61. The molecule has 25 heavy (non-hydrogen) atoms. The van der Waals surface area contributed by atoms with Gasteiger partial charge in [0, 0.05) is 50.3 Å². The van der Waals surface area contributed by atoms with Crippen molar-refractivity contribution in [1.29, 1.82) is 0 Å². The molecule has 2 aromatic rings. The number of aryl methyl sites for hydroxylation is 1. The van der Waals surface area contributed by atoms with Gasteiger partial charge in [-0.3, -0.25) is 9.69 Å². The molecule has 1 saturated heterocycles. The maximum atomic E-state index is 12.4. The zero-order chi connectivity index (χ0) is 17.8. The number of carbonyl (C=O) groups excluding carboxylic acids is 1. The van der Waals surface area contributed by atoms with Crippen LogP contribution in [0.25, 0.3) is 10.9 Å². The lowest BCUT2D eigenvalue weighted by Crippen LogP contribution is -2.51. The fraction of sp³-hybridized carbons (Fsp3) is 0.474. The topological polar surface area (TPSA) is 68.4 Å². The van der Waals surface area contributed by atoms with Gasteiger partial charge < -0.3 is 15.2 Å². The van der Waals surface area contributed by atoms with Crippen molar-refractivity contribution >= 4 is 16.9 Å². The lowest BCUT2D eigenvalue weighted by molar-refractivity contribution is 0.135. The number of hydrogen-bond donors (Lipinski definition) is 2. The highest BCUT2D eigenvalue weighted by atomic mass is 16.2. The molecule has 3 rings (SSSR count). The second-order valence-electron chi connectivity index (χ2n) is 6.71. The van der Waals surface area contributed by atoms with Crippen LogP contribution in [0, 0.1) is 6.92 Å². The number of fused-ring (bicyclic) bond motifs is 1. The number of pyridine rings is 1. The highest BCUT2D eigenvalue weighted by molar-refractivity contribution is 5.79. The number of urea groups is 1. The van der Waals surface area contributed by atoms with Gasteiger partial charge in [-0.2, -0.15) is 0 Å². The van der Waals surface area contributed by atoms with Gasteiger partial charge in [0.05, 0.1) is 0 Å². The number of hydrogen-bond acceptors (Lipinski definition) is 3. The van der Waals surface area contributed by atoms with Gasteiger partial charge in [0.2, 0.25) is 0 Å². The van der Waals surface area contributed by atoms with Crippen LogP contribution < -0.4 is 10.9 Å². The van der Waals surface area contributed by atoms with E-state index in [1.165, 1.54) is 0 Å². The fourth-order valence-electron chi connectivity index (χ4n) is 3.17. The van der Waals surface area contributed by atoms with Crippen LogP contribution in [0.2, 0.25) is 0 Å². The van der Waals surface area contributed by atoms with Crippen LogP contribution >= 0.6 is 0 Å². The Balaban J connectivity index is 1.63. The van der Waals surface area contributed by atoms with Gasteiger partial charge in [-0.05, 0) is 36.4 Å². The van der Waals surface area contributed by atoms with E-state index < -0.39 is 0 Å². The summed E-state index contributed by atoms with van der Waals surface area (Å²) in [7, 11) is 0. The minimum absolute atomic E-state index is 0.0143. The molecule has 134 valence electrons. The van der Waals surface area contributed by atoms with Crippen molar-refractivity contribution in [1.82, 2.24) is 20.1 Å². The molecular weight excluding hydrogens is 316 g/mol. The Morgan fingerprint density at radius 1 is 1.20 bits per heavy atom. The van der Waals surface area contributed by atoms with Crippen molar-refractivity contribution in [3.8, 4) is 0 Å². The zero-order valence-electron chi connectivity index (χ0n) is 15.0. The summed E-state index contributed by atoms with van der Waals surface area (Å²) in [5, 5.41) is 3.97. The minimum atomic E-state index is -0.0266. The second-order valence-corrected chi connectivity index (χ2v) is 6.71. The number of piperazine rings is 1. The Morgan fingerprint density at radius 2 is 1.96 bits per heavy atom. The van der Waals surface area contributed by atoms with Gasteiger partial charge in [-0.15, -0.1) is 0 Å². The Bertz CT molecular complexity index is 807. The summed E-state index contributed by atoms with van der Waals surface area (Å²) < 4.78 is 0. The maximum Gasteiger partial charge on any atom is 0.317 e. The van der Waals surface area contributed by atoms with Crippen LogP contribution in [0.5, 0.6) is 0 Å². The van der Waals surface area contributed by atoms with Gasteiger partial charge in [0.1, 0.15) is 0 Å². The van der Waals surface area contributed by atoms with Crippen LogP contribution in [0.15, 0.2) is 29.1 Å². The average molecular weight is 342 g/mol. The van der Waals surface area contributed by atoms with E-state index in [1.54, 1.807) is 0 Å². The number of aromatic amines is 1. The molecule has 0 saturated carbocycles. The summed E-state index contributed by atoms with van der Waals surface area (Å²) >= 11 is 0. The Kier molecular flexibility index (Phi) is 5.38. The largest absolute Gasteiger partial charge is 0.338 e. The third kappa shape index (κ3) is 4.20. The first-order chi connectivity index (χ1) is 12.1. The van der Waals surface area contributed by atoms with Crippen molar-refractivity contribution in [2.45, 2.75) is 26.8 Å². The van der Waals surface area contributed by atoms with Crippen LogP contribution in [0.4, 0.5) is 4.79 Å². The summed E-state index contributed by atoms with van der Waals surface area (Å²) in [4.78, 5) is 31.4. The van der Waals surface area contributed by atoms with Gasteiger partial charge in [-0.1, -0.05) is 19.1 Å². The first-order valence-corrected chi connectivity index (χ1v) is 8.94. The number of rotatable bonds is 4. The van der Waals surface area contributed by atoms with E-state index in [2.05, 4.69) is 21.3 Å². The molecule has 0 atom stereocenters. The molecule has 1 aromatic heterocycles. The molecule has 0 aliphatic carbocycles. The molecule has 2 heterocycles. The van der Waals surface area contributed by atoms with E-state index in [0.717, 1.165) is 41.5 Å². The Labute approximate surface area is 147 Å². The molecule has 2 amide bonds. The molecule has 0 radical (unpaired) electrons. The molecule has 1 aromatic carbocycles. The molecule has 1 aliphatic rings. The van der Waals surface area contributed by atoms with Crippen LogP contribution in [-0.2, 0) is 6.54 Å². The standard InChI is InChI=1S/C19H26N4O2/c1-3-6-20-19(25)23-9-7-22(8-10-23)13-16-12-15-5-4-14(2)11-17(15)21-18(16)24/h4-5,11-12H,3,6-10,13H2,1-2H3,(H,20,25)(H,21,24). The molecule has 0 unspecified atom stereocenters. The summed E-state index contributed by atoms with van der Waals surface area (Å²) in [6.07, 6.45) is 0.940. The lowest BCUT2D eigenvalue weighted by Gasteiger charge is -2.34. The molecule has 6 heteroatoms. The summed E-state index contributed by atoms with van der Waals surface area (Å²) in [5.74, 6) is 0. The van der Waals surface area contributed by atoms with E-state index in [0.29, 0.717) is 26.2 Å². The van der Waals surface area contributed by atoms with Crippen LogP contribution in [-0.4, -0.2) is 53.5 Å². The Morgan fingerprint density at radius 3 is 2.68 bits per heavy atom. The lowest BCUT2D eigenvalue weighted by atomic mass is 10.1. The van der Waals surface area contributed by atoms with Gasteiger partial charge in [0.25, 0.3) is 5.56 Å². The van der Waals surface area contributed by atoms with Crippen LogP contribution in [0.1, 0.15) is 24.5 Å². The number of carbonyl (C=O) groups is 1. The third-order valence-electron chi connectivity index (χ3n) is 4.66. The minimum Gasteiger partial charge on any atom is -0.338 e. The van der Waals surface area contributed by atoms with Crippen LogP contribution in [0.3, 0.4) is 0 Å². The third-order valence-corrected chi connectivity index (χ3v) is 4.66. The normalized spacial score (nSPS) is 15.5. The van der Waals surface area contributed by atoms with Crippen molar-refractivity contribution in [3.05, 3.63) is 45.7 Å². The number of benzene rings is 1. The number of H-pyrrole nitrogens is 1. The highest BCUT2D eigenvalue weighted by Crippen LogP contribution is 2.14. The molecule has 1 fully saturated rings. The molecule has 0 bridgehead atoms. The molecular formula is C19H26N4O2. The zero-order valence-corrected chi connectivity index (χ0v) is 15.0. The number of amides is 2. The van der Waals surface area contributed by atoms with Crippen molar-refractivity contribution in [3.63, 3.8) is 0 Å². The highest BCUT2D eigenvalue weighted by Gasteiger charge is 2.21. The Hall–Kier alpha value is -2.34. The summed E-state index contributed by atoms with van der Waals surface area (Å²) in [6.45, 7) is 8.34. The van der Waals surface area contributed by atoms with Gasteiger partial charge in [0.15, 0.2) is 0 Å². The number of aromatic nitrogens is 1. The predicted octanol–water partition coefficient (Wildman–Crippen LogP) is 2.07. The first-order valence-electron chi connectivity index (χ1n) is 8.94. The smallest absolute Gasteiger partial charge is 0.317 e. The predicted molar refractivity (Wildman–Crippen MR) is 99.8 cm³/mol. The van der Waals surface area contributed by atoms with Crippen molar-refractivity contribution in [2.24, 2.45) is 0 Å². The van der Waals surface area contributed by atoms with Gasteiger partial charge >= 0.3 is 6.03 Å². The van der Waals surface area contributed by atoms with Gasteiger partial charge in [-0.25, -0.2) is 4.79 Å². The monoisotopic (exact) mass is 342 g/mol. The summed E-state index contributed by atoms with van der Waals surface area (Å²) in [5.41, 5.74) is 2.76. The molecule has 2 N–H and O–H groups in total. The van der Waals surface area contributed by atoms with Crippen molar-refractivity contribution < 1.29 is 4.79 Å². The van der Waals surface area contributed by atoms with E-state index in [9.17, 15) is 9.59 Å². The second kappa shape index (κ2) is 7.70. The summed E-state index contributed by atoms with van der Waals surface area (Å²) in [6, 6.07) is 8.08. The molecule has 6 nitrogen and oxygen atoms in total. The van der Waals surface area contributed by atoms with E-state index >= 15 is 0 Å². The SMILES string of the molecule is CCCNC(=O)N1CCN(Cc2cc3ccc(C)cc3[nH]c2=O)CC1. The quantitative estimate of drug-likeness (QED) is 0.894. The number of nitrogens with one attached hydrogen (secondary N) is 2. The van der Waals surface area contributed by atoms with Crippen molar-refractivity contribution in [2.75, 3.05) is 32.7 Å². The maximum absolute atomic E-state index is 12.4. The van der Waals surface area contributed by atoms with E-state index in [1.807, 2.05) is 36.9 Å². The van der Waals surface area contributed by atoms with E-state index in [4.69, 9.17) is 0 Å². The first kappa shape index (κ1) is 17.5. The van der Waals surface area contributed by atoms with E-state index in [-0.39, 0.29) is 11.6 Å². The molecule has 0 spiro atoms. The molecule has 1 aliphatic heterocycles.